The number of hydrogen-bond acceptors (Lipinski definition) is 3. The highest BCUT2D eigenvalue weighted by molar-refractivity contribution is 5.03. The zero-order valence-corrected chi connectivity index (χ0v) is 10.8. The summed E-state index contributed by atoms with van der Waals surface area (Å²) < 4.78 is 0. The molecule has 0 radical (unpaired) electrons. The molecular weight excluding hydrogens is 210 g/mol. The molecule has 0 spiro atoms. The molecule has 1 fully saturated rings. The van der Waals surface area contributed by atoms with Crippen LogP contribution >= 0.6 is 0 Å². The Hall–Kier alpha value is -0.960. The van der Waals surface area contributed by atoms with Crippen molar-refractivity contribution in [2.24, 2.45) is 23.5 Å². The predicted octanol–water partition coefficient (Wildman–Crippen LogP) is 2.94. The molecule has 1 aliphatic carbocycles. The third kappa shape index (κ3) is 3.03. The summed E-state index contributed by atoms with van der Waals surface area (Å²) in [6, 6.07) is 0.0665. The smallest absolute Gasteiger partial charge is 0.0756 e. The van der Waals surface area contributed by atoms with Crippen LogP contribution in [0, 0.1) is 17.8 Å². The minimum absolute atomic E-state index is 0.0665. The van der Waals surface area contributed by atoms with Crippen LogP contribution < -0.4 is 5.73 Å². The van der Waals surface area contributed by atoms with E-state index in [0.29, 0.717) is 5.92 Å². The highest BCUT2D eigenvalue weighted by Gasteiger charge is 2.28. The molecule has 1 saturated carbocycles. The minimum Gasteiger partial charge on any atom is -0.322 e. The first-order valence-electron chi connectivity index (χ1n) is 6.70. The SMILES string of the molecule is CC(C)C1CCC(C(N)c2cnccn2)CC1. The van der Waals surface area contributed by atoms with Crippen LogP contribution in [0.1, 0.15) is 51.3 Å². The Bertz CT molecular complexity index is 329. The van der Waals surface area contributed by atoms with Crippen molar-refractivity contribution in [3.05, 3.63) is 24.3 Å². The largest absolute Gasteiger partial charge is 0.322 e. The van der Waals surface area contributed by atoms with Crippen molar-refractivity contribution in [2.45, 2.75) is 45.6 Å². The maximum Gasteiger partial charge on any atom is 0.0756 e. The Balaban J connectivity index is 1.93. The van der Waals surface area contributed by atoms with E-state index >= 15 is 0 Å². The lowest BCUT2D eigenvalue weighted by Crippen LogP contribution is -2.28. The molecule has 2 rings (SSSR count). The number of rotatable bonds is 3. The maximum atomic E-state index is 6.29. The molecular formula is C14H23N3. The van der Waals surface area contributed by atoms with Gasteiger partial charge in [-0.3, -0.25) is 9.97 Å². The van der Waals surface area contributed by atoms with E-state index in [9.17, 15) is 0 Å². The van der Waals surface area contributed by atoms with Gasteiger partial charge in [-0.15, -0.1) is 0 Å². The van der Waals surface area contributed by atoms with Crippen molar-refractivity contribution in [2.75, 3.05) is 0 Å². The van der Waals surface area contributed by atoms with Crippen LogP contribution in [-0.2, 0) is 0 Å². The molecule has 1 atom stereocenters. The molecule has 1 aromatic heterocycles. The number of nitrogens with two attached hydrogens (primary N) is 1. The number of nitrogens with zero attached hydrogens (tertiary/aromatic N) is 2. The van der Waals surface area contributed by atoms with Gasteiger partial charge in [0, 0.05) is 18.6 Å². The molecule has 1 unspecified atom stereocenters. The molecule has 0 aliphatic heterocycles. The summed E-state index contributed by atoms with van der Waals surface area (Å²) in [4.78, 5) is 8.42. The molecule has 1 aliphatic rings. The summed E-state index contributed by atoms with van der Waals surface area (Å²) in [7, 11) is 0. The summed E-state index contributed by atoms with van der Waals surface area (Å²) in [5, 5.41) is 0. The van der Waals surface area contributed by atoms with Gasteiger partial charge in [0.1, 0.15) is 0 Å². The van der Waals surface area contributed by atoms with Gasteiger partial charge in [-0.1, -0.05) is 13.8 Å². The molecule has 3 nitrogen and oxygen atoms in total. The second kappa shape index (κ2) is 5.58. The molecule has 0 bridgehead atoms. The molecule has 0 aromatic carbocycles. The summed E-state index contributed by atoms with van der Waals surface area (Å²) in [5.74, 6) is 2.28. The lowest BCUT2D eigenvalue weighted by molar-refractivity contribution is 0.202. The second-order valence-electron chi connectivity index (χ2n) is 5.57. The van der Waals surface area contributed by atoms with Gasteiger partial charge in [0.15, 0.2) is 0 Å². The average Bonchev–Trinajstić information content (AvgIpc) is 2.39. The van der Waals surface area contributed by atoms with Crippen LogP contribution in [0.25, 0.3) is 0 Å². The standard InChI is InChI=1S/C14H23N3/c1-10(2)11-3-5-12(6-4-11)14(15)13-9-16-7-8-17-13/h7-12,14H,3-6,15H2,1-2H3. The molecule has 3 heteroatoms. The predicted molar refractivity (Wildman–Crippen MR) is 69.2 cm³/mol. The van der Waals surface area contributed by atoms with E-state index in [1.54, 1.807) is 18.6 Å². The average molecular weight is 233 g/mol. The first-order chi connectivity index (χ1) is 8.18. The van der Waals surface area contributed by atoms with E-state index in [-0.39, 0.29) is 6.04 Å². The van der Waals surface area contributed by atoms with E-state index in [1.165, 1.54) is 25.7 Å². The fourth-order valence-corrected chi connectivity index (χ4v) is 2.90. The first-order valence-corrected chi connectivity index (χ1v) is 6.70. The molecule has 1 heterocycles. The molecule has 0 amide bonds. The lowest BCUT2D eigenvalue weighted by Gasteiger charge is -2.33. The topological polar surface area (TPSA) is 51.8 Å². The lowest BCUT2D eigenvalue weighted by atomic mass is 9.74. The van der Waals surface area contributed by atoms with E-state index < -0.39 is 0 Å². The van der Waals surface area contributed by atoms with Crippen LogP contribution in [0.4, 0.5) is 0 Å². The highest BCUT2D eigenvalue weighted by atomic mass is 14.8. The van der Waals surface area contributed by atoms with E-state index in [4.69, 9.17) is 5.73 Å². The summed E-state index contributed by atoms with van der Waals surface area (Å²) in [5.41, 5.74) is 7.23. The third-order valence-electron chi connectivity index (χ3n) is 4.19. The van der Waals surface area contributed by atoms with Gasteiger partial charge in [-0.05, 0) is 43.4 Å². The Morgan fingerprint density at radius 1 is 1.12 bits per heavy atom. The first kappa shape index (κ1) is 12.5. The van der Waals surface area contributed by atoms with E-state index in [0.717, 1.165) is 17.5 Å². The van der Waals surface area contributed by atoms with Gasteiger partial charge in [-0.2, -0.15) is 0 Å². The fraction of sp³-hybridized carbons (Fsp3) is 0.714. The molecule has 94 valence electrons. The highest BCUT2D eigenvalue weighted by Crippen LogP contribution is 2.37. The molecule has 2 N–H and O–H groups in total. The zero-order valence-electron chi connectivity index (χ0n) is 10.8. The van der Waals surface area contributed by atoms with Crippen molar-refractivity contribution in [3.63, 3.8) is 0 Å². The van der Waals surface area contributed by atoms with Crippen molar-refractivity contribution in [1.29, 1.82) is 0 Å². The summed E-state index contributed by atoms with van der Waals surface area (Å²) in [6.45, 7) is 4.65. The van der Waals surface area contributed by atoms with Gasteiger partial charge in [-0.25, -0.2) is 0 Å². The van der Waals surface area contributed by atoms with E-state index in [2.05, 4.69) is 23.8 Å². The van der Waals surface area contributed by atoms with Gasteiger partial charge in [0.05, 0.1) is 11.7 Å². The van der Waals surface area contributed by atoms with Gasteiger partial charge in [0.2, 0.25) is 0 Å². The Kier molecular flexibility index (Phi) is 4.11. The van der Waals surface area contributed by atoms with Crippen molar-refractivity contribution < 1.29 is 0 Å². The van der Waals surface area contributed by atoms with Gasteiger partial charge >= 0.3 is 0 Å². The summed E-state index contributed by atoms with van der Waals surface area (Å²) in [6.07, 6.45) is 10.3. The Labute approximate surface area is 104 Å². The van der Waals surface area contributed by atoms with Crippen molar-refractivity contribution in [3.8, 4) is 0 Å². The zero-order chi connectivity index (χ0) is 12.3. The molecule has 0 saturated heterocycles. The second-order valence-corrected chi connectivity index (χ2v) is 5.57. The Morgan fingerprint density at radius 3 is 2.29 bits per heavy atom. The quantitative estimate of drug-likeness (QED) is 0.873. The fourth-order valence-electron chi connectivity index (χ4n) is 2.90. The van der Waals surface area contributed by atoms with Crippen LogP contribution in [-0.4, -0.2) is 9.97 Å². The minimum atomic E-state index is 0.0665. The third-order valence-corrected chi connectivity index (χ3v) is 4.19. The monoisotopic (exact) mass is 233 g/mol. The Morgan fingerprint density at radius 2 is 1.76 bits per heavy atom. The van der Waals surface area contributed by atoms with Crippen molar-refractivity contribution >= 4 is 0 Å². The van der Waals surface area contributed by atoms with Crippen LogP contribution in [0.2, 0.25) is 0 Å². The van der Waals surface area contributed by atoms with Gasteiger partial charge < -0.3 is 5.73 Å². The number of hydrogen-bond donors (Lipinski definition) is 1. The van der Waals surface area contributed by atoms with Crippen LogP contribution in [0.15, 0.2) is 18.6 Å². The van der Waals surface area contributed by atoms with E-state index in [1.807, 2.05) is 0 Å². The summed E-state index contributed by atoms with van der Waals surface area (Å²) >= 11 is 0. The van der Waals surface area contributed by atoms with Gasteiger partial charge in [0.25, 0.3) is 0 Å². The molecule has 1 aromatic rings. The molecule has 17 heavy (non-hydrogen) atoms. The van der Waals surface area contributed by atoms with Crippen LogP contribution in [0.5, 0.6) is 0 Å². The van der Waals surface area contributed by atoms with Crippen LogP contribution in [0.3, 0.4) is 0 Å². The van der Waals surface area contributed by atoms with Crippen molar-refractivity contribution in [1.82, 2.24) is 9.97 Å². The number of aromatic nitrogens is 2. The normalized spacial score (nSPS) is 27.1. The maximum absolute atomic E-state index is 6.29.